The second-order valence-corrected chi connectivity index (χ2v) is 6.32. The molecular formula is C18H23FN4O. The molecule has 0 unspecified atom stereocenters. The first kappa shape index (κ1) is 16.6. The number of hydrogen-bond donors (Lipinski definition) is 1. The summed E-state index contributed by atoms with van der Waals surface area (Å²) in [6.45, 7) is 2.83. The van der Waals surface area contributed by atoms with E-state index >= 15 is 0 Å². The molecule has 0 fully saturated rings. The van der Waals surface area contributed by atoms with Crippen LogP contribution in [-0.4, -0.2) is 20.7 Å². The Balaban J connectivity index is 1.58. The summed E-state index contributed by atoms with van der Waals surface area (Å²) in [5, 5.41) is 11.5. The molecule has 5 nitrogen and oxygen atoms in total. The Labute approximate surface area is 141 Å². The number of hydrogen-bond acceptors (Lipinski definition) is 3. The van der Waals surface area contributed by atoms with Gasteiger partial charge >= 0.3 is 0 Å². The number of carbonyl (C=O) groups excluding carboxylic acids is 1. The Morgan fingerprint density at radius 3 is 2.96 bits per heavy atom. The largest absolute Gasteiger partial charge is 0.346 e. The summed E-state index contributed by atoms with van der Waals surface area (Å²) < 4.78 is 15.7. The number of aromatic nitrogens is 3. The van der Waals surface area contributed by atoms with E-state index < -0.39 is 0 Å². The molecule has 24 heavy (non-hydrogen) atoms. The molecule has 3 rings (SSSR count). The van der Waals surface area contributed by atoms with E-state index in [0.717, 1.165) is 37.5 Å². The number of fused-ring (bicyclic) bond motifs is 1. The van der Waals surface area contributed by atoms with Crippen molar-refractivity contribution < 1.29 is 9.18 Å². The van der Waals surface area contributed by atoms with Crippen LogP contribution < -0.4 is 5.32 Å². The number of benzene rings is 1. The maximum absolute atomic E-state index is 13.6. The molecule has 1 aliphatic heterocycles. The van der Waals surface area contributed by atoms with E-state index in [1.54, 1.807) is 18.2 Å². The number of aryl methyl sites for hydroxylation is 2. The third kappa shape index (κ3) is 3.80. The van der Waals surface area contributed by atoms with Gasteiger partial charge in [0, 0.05) is 19.4 Å². The SMILES string of the molecule is C[C@H](NC(=O)CCc1ccccc1F)c1nnc2n1CCCCC2. The monoisotopic (exact) mass is 330 g/mol. The van der Waals surface area contributed by atoms with Gasteiger partial charge in [0.05, 0.1) is 6.04 Å². The van der Waals surface area contributed by atoms with Gasteiger partial charge in [0.2, 0.25) is 5.91 Å². The summed E-state index contributed by atoms with van der Waals surface area (Å²) >= 11 is 0. The molecule has 1 N–H and O–H groups in total. The van der Waals surface area contributed by atoms with Crippen molar-refractivity contribution in [3.05, 3.63) is 47.3 Å². The third-order valence-electron chi connectivity index (χ3n) is 4.48. The van der Waals surface area contributed by atoms with Crippen molar-refractivity contribution in [1.82, 2.24) is 20.1 Å². The van der Waals surface area contributed by atoms with Gasteiger partial charge in [0.1, 0.15) is 11.6 Å². The highest BCUT2D eigenvalue weighted by Gasteiger charge is 2.20. The molecule has 2 heterocycles. The minimum atomic E-state index is -0.263. The Kier molecular flexibility index (Phi) is 5.23. The van der Waals surface area contributed by atoms with Gasteiger partial charge in [0.15, 0.2) is 5.82 Å². The molecule has 6 heteroatoms. The number of nitrogens with one attached hydrogen (secondary N) is 1. The number of rotatable bonds is 5. The molecule has 0 aliphatic carbocycles. The molecule has 0 radical (unpaired) electrons. The van der Waals surface area contributed by atoms with Gasteiger partial charge in [-0.05, 0) is 37.8 Å². The van der Waals surface area contributed by atoms with E-state index in [2.05, 4.69) is 20.1 Å². The van der Waals surface area contributed by atoms with Crippen LogP contribution in [0, 0.1) is 5.82 Å². The van der Waals surface area contributed by atoms with Gasteiger partial charge in [0.25, 0.3) is 0 Å². The van der Waals surface area contributed by atoms with E-state index in [9.17, 15) is 9.18 Å². The lowest BCUT2D eigenvalue weighted by Gasteiger charge is -2.15. The van der Waals surface area contributed by atoms with Crippen LogP contribution in [0.1, 0.15) is 55.9 Å². The van der Waals surface area contributed by atoms with Crippen molar-refractivity contribution in [2.24, 2.45) is 0 Å². The summed E-state index contributed by atoms with van der Waals surface area (Å²) in [5.74, 6) is 1.46. The van der Waals surface area contributed by atoms with Gasteiger partial charge in [-0.15, -0.1) is 10.2 Å². The van der Waals surface area contributed by atoms with Crippen LogP contribution in [0.4, 0.5) is 4.39 Å². The number of carbonyl (C=O) groups is 1. The standard InChI is InChI=1S/C18H23FN4O/c1-13(18-22-21-16-9-3-2-6-12-23(16)18)20-17(24)11-10-14-7-4-5-8-15(14)19/h4-5,7-8,13H,2-3,6,9-12H2,1H3,(H,20,24)/t13-/m0/s1. The Morgan fingerprint density at radius 2 is 2.12 bits per heavy atom. The van der Waals surface area contributed by atoms with E-state index in [0.29, 0.717) is 12.0 Å². The highest BCUT2D eigenvalue weighted by molar-refractivity contribution is 5.76. The van der Waals surface area contributed by atoms with Crippen LogP contribution in [0.25, 0.3) is 0 Å². The number of halogens is 1. The van der Waals surface area contributed by atoms with Crippen LogP contribution in [-0.2, 0) is 24.2 Å². The Hall–Kier alpha value is -2.24. The highest BCUT2D eigenvalue weighted by atomic mass is 19.1. The molecule has 0 spiro atoms. The molecule has 2 aromatic rings. The lowest BCUT2D eigenvalue weighted by molar-refractivity contribution is -0.121. The van der Waals surface area contributed by atoms with E-state index in [4.69, 9.17) is 0 Å². The maximum Gasteiger partial charge on any atom is 0.220 e. The fourth-order valence-electron chi connectivity index (χ4n) is 3.16. The lowest BCUT2D eigenvalue weighted by atomic mass is 10.1. The fraction of sp³-hybridized carbons (Fsp3) is 0.500. The zero-order valence-corrected chi connectivity index (χ0v) is 14.0. The average Bonchev–Trinajstić information content (AvgIpc) is 2.83. The minimum Gasteiger partial charge on any atom is -0.346 e. The van der Waals surface area contributed by atoms with E-state index in [1.807, 2.05) is 6.92 Å². The molecule has 1 atom stereocenters. The number of nitrogens with zero attached hydrogens (tertiary/aromatic N) is 3. The van der Waals surface area contributed by atoms with Crippen LogP contribution in [0.3, 0.4) is 0 Å². The van der Waals surface area contributed by atoms with Crippen LogP contribution >= 0.6 is 0 Å². The van der Waals surface area contributed by atoms with Gasteiger partial charge in [-0.1, -0.05) is 24.6 Å². The molecule has 128 valence electrons. The van der Waals surface area contributed by atoms with Crippen molar-refractivity contribution in [3.63, 3.8) is 0 Å². The Bertz CT molecular complexity index is 713. The second-order valence-electron chi connectivity index (χ2n) is 6.32. The summed E-state index contributed by atoms with van der Waals surface area (Å²) in [6.07, 6.45) is 5.05. The first-order valence-electron chi connectivity index (χ1n) is 8.60. The normalized spacial score (nSPS) is 15.4. The van der Waals surface area contributed by atoms with E-state index in [-0.39, 0.29) is 24.2 Å². The third-order valence-corrected chi connectivity index (χ3v) is 4.48. The molecule has 1 aromatic heterocycles. The second kappa shape index (κ2) is 7.55. The molecule has 0 saturated carbocycles. The predicted octanol–water partition coefficient (Wildman–Crippen LogP) is 2.95. The summed E-state index contributed by atoms with van der Waals surface area (Å²) in [4.78, 5) is 12.2. The van der Waals surface area contributed by atoms with Gasteiger partial charge in [-0.2, -0.15) is 0 Å². The Morgan fingerprint density at radius 1 is 1.29 bits per heavy atom. The van der Waals surface area contributed by atoms with Crippen molar-refractivity contribution in [2.75, 3.05) is 0 Å². The molecule has 0 saturated heterocycles. The molecular weight excluding hydrogens is 307 g/mol. The smallest absolute Gasteiger partial charge is 0.220 e. The maximum atomic E-state index is 13.6. The molecule has 0 bridgehead atoms. The summed E-state index contributed by atoms with van der Waals surface area (Å²) in [7, 11) is 0. The van der Waals surface area contributed by atoms with Crippen molar-refractivity contribution in [1.29, 1.82) is 0 Å². The molecule has 1 amide bonds. The zero-order chi connectivity index (χ0) is 16.9. The zero-order valence-electron chi connectivity index (χ0n) is 14.0. The quantitative estimate of drug-likeness (QED) is 0.917. The lowest BCUT2D eigenvalue weighted by Crippen LogP contribution is -2.29. The highest BCUT2D eigenvalue weighted by Crippen LogP contribution is 2.18. The molecule has 1 aromatic carbocycles. The van der Waals surface area contributed by atoms with Gasteiger partial charge < -0.3 is 9.88 Å². The number of amides is 1. The summed E-state index contributed by atoms with van der Waals surface area (Å²) in [6, 6.07) is 6.37. The van der Waals surface area contributed by atoms with Crippen LogP contribution in [0.5, 0.6) is 0 Å². The fourth-order valence-corrected chi connectivity index (χ4v) is 3.16. The topological polar surface area (TPSA) is 59.8 Å². The minimum absolute atomic E-state index is 0.100. The first-order chi connectivity index (χ1) is 11.6. The van der Waals surface area contributed by atoms with Crippen LogP contribution in [0.15, 0.2) is 24.3 Å². The van der Waals surface area contributed by atoms with Gasteiger partial charge in [-0.25, -0.2) is 4.39 Å². The van der Waals surface area contributed by atoms with Crippen molar-refractivity contribution in [3.8, 4) is 0 Å². The van der Waals surface area contributed by atoms with Crippen molar-refractivity contribution in [2.45, 2.75) is 58.0 Å². The van der Waals surface area contributed by atoms with Crippen molar-refractivity contribution >= 4 is 5.91 Å². The molecule has 1 aliphatic rings. The van der Waals surface area contributed by atoms with Crippen LogP contribution in [0.2, 0.25) is 0 Å². The van der Waals surface area contributed by atoms with E-state index in [1.165, 1.54) is 12.5 Å². The first-order valence-corrected chi connectivity index (χ1v) is 8.60. The average molecular weight is 330 g/mol. The summed E-state index contributed by atoms with van der Waals surface area (Å²) in [5.41, 5.74) is 0.566. The predicted molar refractivity (Wildman–Crippen MR) is 88.9 cm³/mol. The van der Waals surface area contributed by atoms with Gasteiger partial charge in [-0.3, -0.25) is 4.79 Å².